The van der Waals surface area contributed by atoms with Crippen LogP contribution in [0.1, 0.15) is 23.2 Å². The number of nitrogens with zero attached hydrogens (tertiary/aromatic N) is 2. The number of fused-ring (bicyclic) bond motifs is 4. The quantitative estimate of drug-likeness (QED) is 0.675. The summed E-state index contributed by atoms with van der Waals surface area (Å²) < 4.78 is 2.07. The van der Waals surface area contributed by atoms with Crippen molar-refractivity contribution in [1.82, 2.24) is 14.8 Å². The number of carbonyl (C=O) groups is 3. The van der Waals surface area contributed by atoms with Gasteiger partial charge in [-0.15, -0.1) is 0 Å². The maximum Gasteiger partial charge on any atom is 0.328 e. The molecule has 0 saturated carbocycles. The Morgan fingerprint density at radius 3 is 2.28 bits per heavy atom. The first-order chi connectivity index (χ1) is 13.8. The standard InChI is InChI=1S/C17H21N3O.C4H4O4/c1-19-7-4-13-10-14(2-3-16(13)19)17(21)18-15-11-20-8-5-12(15)6-9-20;5-3(6)1-2-4(7)8/h2-4,7,10,12,15H,5-6,8-9,11H2,1H3,(H,18,21);1-2H,(H,5,6)(H,7,8)/t15-;/m0./s1. The Morgan fingerprint density at radius 1 is 1.07 bits per heavy atom. The Bertz CT molecular complexity index is 925. The smallest absolute Gasteiger partial charge is 0.328 e. The van der Waals surface area contributed by atoms with Crippen molar-refractivity contribution in [3.63, 3.8) is 0 Å². The first-order valence-corrected chi connectivity index (χ1v) is 9.55. The monoisotopic (exact) mass is 399 g/mol. The minimum absolute atomic E-state index is 0.0690. The van der Waals surface area contributed by atoms with Gasteiger partial charge >= 0.3 is 11.9 Å². The highest BCUT2D eigenvalue weighted by atomic mass is 16.4. The SMILES string of the molecule is Cn1ccc2cc(C(=O)N[C@H]3CN4CCC3CC4)ccc21.O=C(O)C=CC(=O)O. The van der Waals surface area contributed by atoms with Crippen molar-refractivity contribution in [2.24, 2.45) is 13.0 Å². The number of aliphatic carboxylic acids is 2. The van der Waals surface area contributed by atoms with Crippen molar-refractivity contribution in [3.8, 4) is 0 Å². The normalized spacial score (nSPS) is 22.9. The average molecular weight is 399 g/mol. The number of carbonyl (C=O) groups excluding carboxylic acids is 1. The van der Waals surface area contributed by atoms with Crippen molar-refractivity contribution in [2.45, 2.75) is 18.9 Å². The molecule has 3 fully saturated rings. The van der Waals surface area contributed by atoms with Crippen LogP contribution in [0.5, 0.6) is 0 Å². The van der Waals surface area contributed by atoms with E-state index < -0.39 is 11.9 Å². The molecule has 2 bridgehead atoms. The zero-order valence-electron chi connectivity index (χ0n) is 16.2. The fraction of sp³-hybridized carbons (Fsp3) is 0.381. The van der Waals surface area contributed by atoms with Crippen LogP contribution >= 0.6 is 0 Å². The van der Waals surface area contributed by atoms with E-state index in [1.165, 1.54) is 25.9 Å². The van der Waals surface area contributed by atoms with Crippen molar-refractivity contribution < 1.29 is 24.6 Å². The molecule has 5 rings (SSSR count). The summed E-state index contributed by atoms with van der Waals surface area (Å²) in [6.45, 7) is 3.42. The van der Waals surface area contributed by atoms with Gasteiger partial charge in [-0.3, -0.25) is 4.79 Å². The van der Waals surface area contributed by atoms with E-state index in [9.17, 15) is 14.4 Å². The molecule has 0 spiro atoms. The van der Waals surface area contributed by atoms with E-state index in [0.29, 0.717) is 24.1 Å². The van der Waals surface area contributed by atoms with Gasteiger partial charge in [0.2, 0.25) is 0 Å². The highest BCUT2D eigenvalue weighted by Gasteiger charge is 2.34. The number of amides is 1. The van der Waals surface area contributed by atoms with Gasteiger partial charge in [-0.1, -0.05) is 0 Å². The molecule has 4 heterocycles. The maximum atomic E-state index is 12.5. The maximum absolute atomic E-state index is 12.5. The molecule has 8 heteroatoms. The first-order valence-electron chi connectivity index (χ1n) is 9.55. The van der Waals surface area contributed by atoms with Crippen LogP contribution in [0.4, 0.5) is 0 Å². The molecule has 8 nitrogen and oxygen atoms in total. The Morgan fingerprint density at radius 2 is 1.72 bits per heavy atom. The molecular formula is C21H25N3O5. The number of carboxylic acid groups (broad SMARTS) is 2. The summed E-state index contributed by atoms with van der Waals surface area (Å²) >= 11 is 0. The molecule has 154 valence electrons. The Labute approximate surface area is 168 Å². The van der Waals surface area contributed by atoms with E-state index in [-0.39, 0.29) is 5.91 Å². The molecule has 3 saturated heterocycles. The molecule has 29 heavy (non-hydrogen) atoms. The van der Waals surface area contributed by atoms with E-state index in [0.717, 1.165) is 23.0 Å². The van der Waals surface area contributed by atoms with Gasteiger partial charge in [-0.2, -0.15) is 0 Å². The van der Waals surface area contributed by atoms with Crippen LogP contribution in [0.2, 0.25) is 0 Å². The summed E-state index contributed by atoms with van der Waals surface area (Å²) in [6, 6.07) is 8.33. The van der Waals surface area contributed by atoms with Crippen LogP contribution in [0.3, 0.4) is 0 Å². The third-order valence-electron chi connectivity index (χ3n) is 5.49. The van der Waals surface area contributed by atoms with Crippen LogP contribution in [0.25, 0.3) is 10.9 Å². The molecule has 0 aliphatic carbocycles. The average Bonchev–Trinajstić information content (AvgIpc) is 3.08. The Balaban J connectivity index is 0.000000258. The van der Waals surface area contributed by atoms with Gasteiger partial charge in [0.25, 0.3) is 5.91 Å². The summed E-state index contributed by atoms with van der Waals surface area (Å²) in [5, 5.41) is 20.0. The van der Waals surface area contributed by atoms with E-state index in [4.69, 9.17) is 10.2 Å². The molecule has 3 N–H and O–H groups in total. The van der Waals surface area contributed by atoms with Crippen LogP contribution in [0, 0.1) is 5.92 Å². The van der Waals surface area contributed by atoms with Crippen molar-refractivity contribution in [2.75, 3.05) is 19.6 Å². The predicted octanol–water partition coefficient (Wildman–Crippen LogP) is 1.71. The highest BCUT2D eigenvalue weighted by molar-refractivity contribution is 5.98. The van der Waals surface area contributed by atoms with Gasteiger partial charge in [0, 0.05) is 54.4 Å². The number of piperidine rings is 3. The number of hydrogen-bond donors (Lipinski definition) is 3. The molecular weight excluding hydrogens is 374 g/mol. The fourth-order valence-electron chi connectivity index (χ4n) is 3.95. The second-order valence-electron chi connectivity index (χ2n) is 7.43. The lowest BCUT2D eigenvalue weighted by atomic mass is 9.84. The summed E-state index contributed by atoms with van der Waals surface area (Å²) in [6.07, 6.45) is 5.59. The highest BCUT2D eigenvalue weighted by Crippen LogP contribution is 2.27. The van der Waals surface area contributed by atoms with Crippen LogP contribution < -0.4 is 5.32 Å². The van der Waals surface area contributed by atoms with Crippen molar-refractivity contribution in [1.29, 1.82) is 0 Å². The molecule has 1 atom stereocenters. The second kappa shape index (κ2) is 8.91. The molecule has 2 aromatic rings. The minimum Gasteiger partial charge on any atom is -0.478 e. The van der Waals surface area contributed by atoms with E-state index in [2.05, 4.69) is 20.9 Å². The topological polar surface area (TPSA) is 112 Å². The Kier molecular flexibility index (Phi) is 6.33. The van der Waals surface area contributed by atoms with Crippen molar-refractivity contribution in [3.05, 3.63) is 48.2 Å². The van der Waals surface area contributed by atoms with Gasteiger partial charge in [-0.05, 0) is 56.1 Å². The minimum atomic E-state index is -1.26. The zero-order chi connectivity index (χ0) is 21.0. The molecule has 0 radical (unpaired) electrons. The van der Waals surface area contributed by atoms with Crippen LogP contribution in [0.15, 0.2) is 42.6 Å². The third kappa shape index (κ3) is 5.23. The molecule has 3 aliphatic heterocycles. The van der Waals surface area contributed by atoms with Gasteiger partial charge in [0.05, 0.1) is 0 Å². The Hall–Kier alpha value is -3.13. The number of carboxylic acids is 2. The van der Waals surface area contributed by atoms with Crippen molar-refractivity contribution >= 4 is 28.7 Å². The second-order valence-corrected chi connectivity index (χ2v) is 7.43. The lowest BCUT2D eigenvalue weighted by Gasteiger charge is -2.44. The van der Waals surface area contributed by atoms with Crippen LogP contribution in [-0.4, -0.2) is 63.2 Å². The summed E-state index contributed by atoms with van der Waals surface area (Å²) in [7, 11) is 2.02. The van der Waals surface area contributed by atoms with Gasteiger partial charge in [0.15, 0.2) is 0 Å². The molecule has 3 aliphatic rings. The van der Waals surface area contributed by atoms with Gasteiger partial charge in [-0.25, -0.2) is 9.59 Å². The van der Waals surface area contributed by atoms with E-state index >= 15 is 0 Å². The lowest BCUT2D eigenvalue weighted by molar-refractivity contribution is -0.134. The first kappa shape index (κ1) is 20.6. The predicted molar refractivity (Wildman–Crippen MR) is 108 cm³/mol. The van der Waals surface area contributed by atoms with E-state index in [1.807, 2.05) is 31.4 Å². The molecule has 1 aromatic heterocycles. The number of hydrogen-bond acceptors (Lipinski definition) is 4. The summed E-state index contributed by atoms with van der Waals surface area (Å²) in [4.78, 5) is 34.1. The van der Waals surface area contributed by atoms with Gasteiger partial charge < -0.3 is 25.0 Å². The summed E-state index contributed by atoms with van der Waals surface area (Å²) in [5.74, 6) is -1.78. The largest absolute Gasteiger partial charge is 0.478 e. The summed E-state index contributed by atoms with van der Waals surface area (Å²) in [5.41, 5.74) is 1.93. The number of benzene rings is 1. The number of aryl methyl sites for hydroxylation is 1. The lowest BCUT2D eigenvalue weighted by Crippen LogP contribution is -2.57. The number of rotatable bonds is 4. The molecule has 1 amide bonds. The zero-order valence-corrected chi connectivity index (χ0v) is 16.2. The number of aromatic nitrogens is 1. The molecule has 1 aromatic carbocycles. The third-order valence-corrected chi connectivity index (χ3v) is 5.49. The van der Waals surface area contributed by atoms with E-state index in [1.54, 1.807) is 0 Å². The molecule has 0 unspecified atom stereocenters. The fourth-order valence-corrected chi connectivity index (χ4v) is 3.95. The number of nitrogens with one attached hydrogen (secondary N) is 1. The van der Waals surface area contributed by atoms with Crippen LogP contribution in [-0.2, 0) is 16.6 Å². The van der Waals surface area contributed by atoms with Gasteiger partial charge in [0.1, 0.15) is 0 Å².